The van der Waals surface area contributed by atoms with Gasteiger partial charge in [0.1, 0.15) is 6.04 Å². The number of hydrogen-bond acceptors (Lipinski definition) is 6. The predicted molar refractivity (Wildman–Crippen MR) is 76.7 cm³/mol. The fourth-order valence-corrected chi connectivity index (χ4v) is 2.52. The second-order valence-corrected chi connectivity index (χ2v) is 5.39. The van der Waals surface area contributed by atoms with Crippen LogP contribution in [0.5, 0.6) is 0 Å². The summed E-state index contributed by atoms with van der Waals surface area (Å²) in [6, 6.07) is -0.0912. The largest absolute Gasteiger partial charge is 0.465 e. The van der Waals surface area contributed by atoms with Crippen molar-refractivity contribution in [3.05, 3.63) is 0 Å². The number of carbonyl (C=O) groups excluding carboxylic acids is 1. The molecule has 6 heteroatoms. The van der Waals surface area contributed by atoms with Crippen molar-refractivity contribution in [2.45, 2.75) is 45.1 Å². The molecular weight excluding hydrogens is 260 g/mol. The topological polar surface area (TPSA) is 60.0 Å². The predicted octanol–water partition coefficient (Wildman–Crippen LogP) is 0.262. The maximum atomic E-state index is 12.0. The molecule has 3 unspecified atom stereocenters. The highest BCUT2D eigenvalue weighted by atomic mass is 16.5. The first-order valence-corrected chi connectivity index (χ1v) is 7.22. The average Bonchev–Trinajstić information content (AvgIpc) is 2.80. The molecule has 1 fully saturated rings. The summed E-state index contributed by atoms with van der Waals surface area (Å²) in [4.78, 5) is 14.2. The van der Waals surface area contributed by atoms with Gasteiger partial charge in [-0.15, -0.1) is 0 Å². The van der Waals surface area contributed by atoms with Gasteiger partial charge in [-0.1, -0.05) is 13.8 Å². The number of ether oxygens (including phenoxy) is 3. The third-order valence-corrected chi connectivity index (χ3v) is 3.44. The molecule has 0 aromatic carbocycles. The van der Waals surface area contributed by atoms with Gasteiger partial charge < -0.3 is 19.5 Å². The molecule has 1 heterocycles. The summed E-state index contributed by atoms with van der Waals surface area (Å²) in [5, 5.41) is 3.26. The zero-order chi connectivity index (χ0) is 15.1. The van der Waals surface area contributed by atoms with Gasteiger partial charge in [-0.05, 0) is 6.92 Å². The molecule has 0 aliphatic carbocycles. The highest BCUT2D eigenvalue weighted by molar-refractivity contribution is 5.76. The van der Waals surface area contributed by atoms with Gasteiger partial charge in [0.25, 0.3) is 0 Å². The van der Waals surface area contributed by atoms with E-state index in [1.165, 1.54) is 0 Å². The Bertz CT molecular complexity index is 287. The minimum absolute atomic E-state index is 0.0573. The van der Waals surface area contributed by atoms with Crippen LogP contribution < -0.4 is 5.32 Å². The molecule has 0 radical (unpaired) electrons. The van der Waals surface area contributed by atoms with Crippen molar-refractivity contribution in [2.24, 2.45) is 0 Å². The van der Waals surface area contributed by atoms with E-state index in [1.54, 1.807) is 14.2 Å². The van der Waals surface area contributed by atoms with Gasteiger partial charge in [0, 0.05) is 39.9 Å². The zero-order valence-corrected chi connectivity index (χ0v) is 13.2. The Hall–Kier alpha value is -0.690. The molecule has 0 amide bonds. The molecule has 1 aliphatic heterocycles. The van der Waals surface area contributed by atoms with E-state index in [4.69, 9.17) is 14.2 Å². The molecule has 1 rings (SSSR count). The van der Waals surface area contributed by atoms with E-state index in [2.05, 4.69) is 10.2 Å². The zero-order valence-electron chi connectivity index (χ0n) is 13.2. The molecule has 20 heavy (non-hydrogen) atoms. The third-order valence-electron chi connectivity index (χ3n) is 3.44. The maximum Gasteiger partial charge on any atom is 0.324 e. The molecule has 118 valence electrons. The monoisotopic (exact) mass is 288 g/mol. The molecule has 0 spiro atoms. The van der Waals surface area contributed by atoms with E-state index in [-0.39, 0.29) is 30.3 Å². The van der Waals surface area contributed by atoms with Crippen LogP contribution in [0.3, 0.4) is 0 Å². The van der Waals surface area contributed by atoms with Crippen molar-refractivity contribution >= 4 is 5.97 Å². The van der Waals surface area contributed by atoms with Crippen molar-refractivity contribution in [3.8, 4) is 0 Å². The number of likely N-dealkylation sites (tertiary alicyclic amines) is 1. The van der Waals surface area contributed by atoms with Crippen LogP contribution in [0.1, 0.15) is 20.8 Å². The fraction of sp³-hybridized carbons (Fsp3) is 0.929. The normalized spacial score (nSPS) is 25.1. The van der Waals surface area contributed by atoms with Crippen LogP contribution in [0.15, 0.2) is 0 Å². The second kappa shape index (κ2) is 8.56. The van der Waals surface area contributed by atoms with Crippen LogP contribution in [-0.2, 0) is 19.0 Å². The van der Waals surface area contributed by atoms with E-state index in [9.17, 15) is 4.79 Å². The number of methoxy groups -OCH3 is 2. The van der Waals surface area contributed by atoms with Crippen molar-refractivity contribution in [3.63, 3.8) is 0 Å². The lowest BCUT2D eigenvalue weighted by molar-refractivity contribution is -0.146. The smallest absolute Gasteiger partial charge is 0.324 e. The SMILES string of the molecule is CCOC(=O)C(CN1CC(OC)C(OC)C1)NC(C)C. The van der Waals surface area contributed by atoms with Gasteiger partial charge in [-0.2, -0.15) is 0 Å². The number of rotatable bonds is 8. The summed E-state index contributed by atoms with van der Waals surface area (Å²) >= 11 is 0. The lowest BCUT2D eigenvalue weighted by atomic mass is 10.2. The highest BCUT2D eigenvalue weighted by Gasteiger charge is 2.35. The standard InChI is InChI=1S/C14H28N2O4/c1-6-20-14(17)11(15-10(2)3)7-16-8-12(18-4)13(9-16)19-5/h10-13,15H,6-9H2,1-5H3. The number of esters is 1. The Balaban J connectivity index is 2.59. The van der Waals surface area contributed by atoms with Crippen LogP contribution in [0.25, 0.3) is 0 Å². The van der Waals surface area contributed by atoms with Gasteiger partial charge in [-0.25, -0.2) is 0 Å². The van der Waals surface area contributed by atoms with Crippen molar-refractivity contribution in [2.75, 3.05) is 40.5 Å². The third kappa shape index (κ3) is 5.01. The summed E-state index contributed by atoms with van der Waals surface area (Å²) in [5.41, 5.74) is 0. The first-order chi connectivity index (χ1) is 9.51. The number of nitrogens with zero attached hydrogens (tertiary/aromatic N) is 1. The molecule has 1 N–H and O–H groups in total. The van der Waals surface area contributed by atoms with Gasteiger partial charge in [0.15, 0.2) is 0 Å². The average molecular weight is 288 g/mol. The van der Waals surface area contributed by atoms with Crippen molar-refractivity contribution in [1.82, 2.24) is 10.2 Å². The lowest BCUT2D eigenvalue weighted by Crippen LogP contribution is -2.49. The van der Waals surface area contributed by atoms with Crippen LogP contribution >= 0.6 is 0 Å². The maximum absolute atomic E-state index is 12.0. The fourth-order valence-electron chi connectivity index (χ4n) is 2.52. The molecular formula is C14H28N2O4. The molecule has 3 atom stereocenters. The second-order valence-electron chi connectivity index (χ2n) is 5.39. The number of nitrogens with one attached hydrogen (secondary N) is 1. The molecule has 0 aromatic heterocycles. The molecule has 1 aliphatic rings. The van der Waals surface area contributed by atoms with Gasteiger partial charge in [0.2, 0.25) is 0 Å². The van der Waals surface area contributed by atoms with E-state index in [0.717, 1.165) is 13.1 Å². The molecule has 1 saturated heterocycles. The Morgan fingerprint density at radius 3 is 2.20 bits per heavy atom. The first-order valence-electron chi connectivity index (χ1n) is 7.22. The summed E-state index contributed by atoms with van der Waals surface area (Å²) in [5.74, 6) is -0.198. The van der Waals surface area contributed by atoms with Crippen LogP contribution in [0.2, 0.25) is 0 Å². The van der Waals surface area contributed by atoms with Crippen molar-refractivity contribution < 1.29 is 19.0 Å². The minimum Gasteiger partial charge on any atom is -0.465 e. The Morgan fingerprint density at radius 2 is 1.80 bits per heavy atom. The Morgan fingerprint density at radius 1 is 1.25 bits per heavy atom. The van der Waals surface area contributed by atoms with E-state index >= 15 is 0 Å². The van der Waals surface area contributed by atoms with Crippen LogP contribution in [0.4, 0.5) is 0 Å². The van der Waals surface area contributed by atoms with Gasteiger partial charge in [0.05, 0.1) is 18.8 Å². The molecule has 0 saturated carbocycles. The lowest BCUT2D eigenvalue weighted by Gasteiger charge is -2.24. The Labute approximate surface area is 121 Å². The van der Waals surface area contributed by atoms with Crippen LogP contribution in [0, 0.1) is 0 Å². The highest BCUT2D eigenvalue weighted by Crippen LogP contribution is 2.16. The van der Waals surface area contributed by atoms with Gasteiger partial charge >= 0.3 is 5.97 Å². The van der Waals surface area contributed by atoms with Crippen molar-refractivity contribution in [1.29, 1.82) is 0 Å². The summed E-state index contributed by atoms with van der Waals surface area (Å²) in [6.45, 7) is 8.41. The van der Waals surface area contributed by atoms with Gasteiger partial charge in [-0.3, -0.25) is 9.69 Å². The summed E-state index contributed by atoms with van der Waals surface area (Å²) < 4.78 is 16.0. The number of carbonyl (C=O) groups is 1. The quantitative estimate of drug-likeness (QED) is 0.647. The van der Waals surface area contributed by atoms with Crippen LogP contribution in [-0.4, -0.2) is 75.6 Å². The minimum atomic E-state index is -0.317. The molecule has 0 aromatic rings. The number of hydrogen-bond donors (Lipinski definition) is 1. The van der Waals surface area contributed by atoms with E-state index in [1.807, 2.05) is 20.8 Å². The summed E-state index contributed by atoms with van der Waals surface area (Å²) in [6.07, 6.45) is 0.115. The van der Waals surface area contributed by atoms with E-state index < -0.39 is 0 Å². The first kappa shape index (κ1) is 17.4. The molecule has 0 bridgehead atoms. The van der Waals surface area contributed by atoms with E-state index in [0.29, 0.717) is 13.2 Å². The summed E-state index contributed by atoms with van der Waals surface area (Å²) in [7, 11) is 3.38. The molecule has 6 nitrogen and oxygen atoms in total. The Kier molecular flexibility index (Phi) is 7.43.